The molecule has 1 saturated carbocycles. The minimum Gasteiger partial charge on any atom is -0.366 e. The highest BCUT2D eigenvalue weighted by molar-refractivity contribution is 6.34. The predicted molar refractivity (Wildman–Crippen MR) is 113 cm³/mol. The third-order valence-corrected chi connectivity index (χ3v) is 5.37. The summed E-state index contributed by atoms with van der Waals surface area (Å²) in [5, 5.41) is 8.31. The van der Waals surface area contributed by atoms with Crippen LogP contribution < -0.4 is 11.1 Å². The smallest absolute Gasteiger partial charge is 0.248 e. The zero-order chi connectivity index (χ0) is 20.7. The highest BCUT2D eigenvalue weighted by Crippen LogP contribution is 2.49. The second-order valence-electron chi connectivity index (χ2n) is 7.20. The van der Waals surface area contributed by atoms with E-state index in [2.05, 4.69) is 10.4 Å². The Morgan fingerprint density at radius 1 is 1.17 bits per heavy atom. The quantitative estimate of drug-likeness (QED) is 0.633. The van der Waals surface area contributed by atoms with E-state index in [9.17, 15) is 9.59 Å². The third-order valence-electron chi connectivity index (χ3n) is 4.94. The van der Waals surface area contributed by atoms with Crippen molar-refractivity contribution in [1.82, 2.24) is 9.78 Å². The molecule has 0 bridgehead atoms. The lowest BCUT2D eigenvalue weighted by Crippen LogP contribution is -2.18. The molecule has 2 unspecified atom stereocenters. The average Bonchev–Trinajstić information content (AvgIpc) is 3.35. The van der Waals surface area contributed by atoms with E-state index >= 15 is 0 Å². The summed E-state index contributed by atoms with van der Waals surface area (Å²) in [5.74, 6) is -0.852. The molecule has 4 rings (SSSR count). The molecule has 1 heterocycles. The lowest BCUT2D eigenvalue weighted by Gasteiger charge is -2.13. The van der Waals surface area contributed by atoms with Crippen LogP contribution in [0.2, 0.25) is 10.0 Å². The van der Waals surface area contributed by atoms with Gasteiger partial charge in [-0.25, -0.2) is 4.68 Å². The first kappa shape index (κ1) is 19.5. The fraction of sp³-hybridized carbons (Fsp3) is 0.190. The number of aromatic nitrogens is 2. The van der Waals surface area contributed by atoms with Gasteiger partial charge in [-0.2, -0.15) is 5.10 Å². The number of benzene rings is 2. The monoisotopic (exact) mass is 428 g/mol. The molecular weight excluding hydrogens is 411 g/mol. The number of hydrogen-bond donors (Lipinski definition) is 2. The molecule has 2 aromatic carbocycles. The van der Waals surface area contributed by atoms with Crippen LogP contribution in [-0.2, 0) is 4.79 Å². The molecule has 6 nitrogen and oxygen atoms in total. The van der Waals surface area contributed by atoms with Gasteiger partial charge in [0.05, 0.1) is 17.6 Å². The minimum atomic E-state index is -0.568. The van der Waals surface area contributed by atoms with Crippen molar-refractivity contribution in [2.75, 3.05) is 5.32 Å². The Hall–Kier alpha value is -2.83. The van der Waals surface area contributed by atoms with Crippen LogP contribution in [-0.4, -0.2) is 21.6 Å². The molecule has 2 atom stereocenters. The van der Waals surface area contributed by atoms with E-state index in [0.29, 0.717) is 33.4 Å². The van der Waals surface area contributed by atoms with Crippen LogP contribution in [0.5, 0.6) is 0 Å². The number of hydrogen-bond acceptors (Lipinski definition) is 3. The van der Waals surface area contributed by atoms with Crippen LogP contribution in [0.25, 0.3) is 5.69 Å². The molecule has 0 aliphatic heterocycles. The lowest BCUT2D eigenvalue weighted by atomic mass is 10.1. The SMILES string of the molecule is Cc1cnn(-c2ccc(C(N)=O)cc2NC(=O)C2CC2c2cc(Cl)cc(Cl)c2)c1. The maximum absolute atomic E-state index is 12.9. The number of halogens is 2. The maximum atomic E-state index is 12.9. The first-order valence-corrected chi connectivity index (χ1v) is 9.80. The molecule has 29 heavy (non-hydrogen) atoms. The standard InChI is InChI=1S/C21H18Cl2N4O2/c1-11-9-25-27(10-11)19-3-2-12(20(24)28)6-18(19)26-21(29)17-8-16(17)13-4-14(22)7-15(23)5-13/h2-7,9-10,16-17H,8H2,1H3,(H2,24,28)(H,26,29). The van der Waals surface area contributed by atoms with E-state index in [0.717, 1.165) is 11.1 Å². The summed E-state index contributed by atoms with van der Waals surface area (Å²) in [5.41, 5.74) is 8.76. The van der Waals surface area contributed by atoms with Crippen LogP contribution in [0.4, 0.5) is 5.69 Å². The number of nitrogens with zero attached hydrogens (tertiary/aromatic N) is 2. The van der Waals surface area contributed by atoms with E-state index < -0.39 is 5.91 Å². The topological polar surface area (TPSA) is 90.0 Å². The van der Waals surface area contributed by atoms with Gasteiger partial charge in [0.1, 0.15) is 0 Å². The second kappa shape index (κ2) is 7.54. The van der Waals surface area contributed by atoms with Gasteiger partial charge in [0, 0.05) is 27.7 Å². The van der Waals surface area contributed by atoms with Gasteiger partial charge in [-0.3, -0.25) is 9.59 Å². The molecule has 8 heteroatoms. The van der Waals surface area contributed by atoms with Gasteiger partial charge in [0.25, 0.3) is 0 Å². The summed E-state index contributed by atoms with van der Waals surface area (Å²) in [6.45, 7) is 1.92. The molecule has 3 aromatic rings. The predicted octanol–water partition coefficient (Wildman–Crippen LogP) is 4.33. The Balaban J connectivity index is 1.59. The largest absolute Gasteiger partial charge is 0.366 e. The van der Waals surface area contributed by atoms with Crippen molar-refractivity contribution in [1.29, 1.82) is 0 Å². The summed E-state index contributed by atoms with van der Waals surface area (Å²) in [6, 6.07) is 10.2. The molecule has 1 aliphatic rings. The number of aryl methyl sites for hydroxylation is 1. The van der Waals surface area contributed by atoms with Crippen LogP contribution >= 0.6 is 23.2 Å². The fourth-order valence-corrected chi connectivity index (χ4v) is 3.94. The first-order chi connectivity index (χ1) is 13.8. The summed E-state index contributed by atoms with van der Waals surface area (Å²) in [4.78, 5) is 24.5. The fourth-order valence-electron chi connectivity index (χ4n) is 3.40. The Morgan fingerprint density at radius 2 is 1.90 bits per heavy atom. The third kappa shape index (κ3) is 4.13. The highest BCUT2D eigenvalue weighted by atomic mass is 35.5. The number of carbonyl (C=O) groups is 2. The molecule has 3 N–H and O–H groups in total. The molecule has 0 radical (unpaired) electrons. The van der Waals surface area contributed by atoms with Crippen molar-refractivity contribution in [2.24, 2.45) is 11.7 Å². The molecule has 0 spiro atoms. The van der Waals surface area contributed by atoms with Crippen LogP contribution in [0.3, 0.4) is 0 Å². The average molecular weight is 429 g/mol. The van der Waals surface area contributed by atoms with Crippen molar-refractivity contribution in [3.05, 3.63) is 75.5 Å². The van der Waals surface area contributed by atoms with Crippen molar-refractivity contribution in [2.45, 2.75) is 19.3 Å². The van der Waals surface area contributed by atoms with Gasteiger partial charge in [-0.05, 0) is 66.8 Å². The number of carbonyl (C=O) groups excluding carboxylic acids is 2. The van der Waals surface area contributed by atoms with Gasteiger partial charge in [0.2, 0.25) is 11.8 Å². The van der Waals surface area contributed by atoms with Crippen molar-refractivity contribution < 1.29 is 9.59 Å². The van der Waals surface area contributed by atoms with Crippen LogP contribution in [0.1, 0.15) is 33.8 Å². The summed E-state index contributed by atoms with van der Waals surface area (Å²) in [7, 11) is 0. The van der Waals surface area contributed by atoms with E-state index in [-0.39, 0.29) is 17.7 Å². The molecule has 148 valence electrons. The number of amides is 2. The van der Waals surface area contributed by atoms with Crippen LogP contribution in [0, 0.1) is 12.8 Å². The zero-order valence-corrected chi connectivity index (χ0v) is 17.0. The van der Waals surface area contributed by atoms with E-state index in [1.54, 1.807) is 35.1 Å². The van der Waals surface area contributed by atoms with Crippen molar-refractivity contribution in [3.8, 4) is 5.69 Å². The second-order valence-corrected chi connectivity index (χ2v) is 8.07. The lowest BCUT2D eigenvalue weighted by molar-refractivity contribution is -0.117. The molecule has 2 amide bonds. The highest BCUT2D eigenvalue weighted by Gasteiger charge is 2.44. The Bertz CT molecular complexity index is 1110. The summed E-state index contributed by atoms with van der Waals surface area (Å²) < 4.78 is 1.65. The van der Waals surface area contributed by atoms with Gasteiger partial charge < -0.3 is 11.1 Å². The number of nitrogens with two attached hydrogens (primary N) is 1. The summed E-state index contributed by atoms with van der Waals surface area (Å²) >= 11 is 12.2. The Labute approximate surface area is 177 Å². The number of rotatable bonds is 5. The van der Waals surface area contributed by atoms with Gasteiger partial charge in [-0.15, -0.1) is 0 Å². The van der Waals surface area contributed by atoms with E-state index in [1.807, 2.05) is 25.3 Å². The number of anilines is 1. The van der Waals surface area contributed by atoms with E-state index in [1.165, 1.54) is 0 Å². The number of nitrogens with one attached hydrogen (secondary N) is 1. The molecule has 0 saturated heterocycles. The first-order valence-electron chi connectivity index (χ1n) is 9.04. The molecule has 1 aromatic heterocycles. The Morgan fingerprint density at radius 3 is 2.52 bits per heavy atom. The minimum absolute atomic E-state index is 0.0564. The Kier molecular flexibility index (Phi) is 5.06. The maximum Gasteiger partial charge on any atom is 0.248 e. The van der Waals surface area contributed by atoms with Gasteiger partial charge >= 0.3 is 0 Å². The van der Waals surface area contributed by atoms with Gasteiger partial charge in [-0.1, -0.05) is 23.2 Å². The van der Waals surface area contributed by atoms with E-state index in [4.69, 9.17) is 28.9 Å². The number of primary amides is 1. The molecule has 1 aliphatic carbocycles. The van der Waals surface area contributed by atoms with Gasteiger partial charge in [0.15, 0.2) is 0 Å². The summed E-state index contributed by atoms with van der Waals surface area (Å²) in [6.07, 6.45) is 4.25. The van der Waals surface area contributed by atoms with Crippen LogP contribution in [0.15, 0.2) is 48.8 Å². The van der Waals surface area contributed by atoms with Crippen molar-refractivity contribution in [3.63, 3.8) is 0 Å². The normalized spacial score (nSPS) is 17.8. The van der Waals surface area contributed by atoms with Crippen molar-refractivity contribution >= 4 is 40.7 Å². The molecular formula is C21H18Cl2N4O2. The zero-order valence-electron chi connectivity index (χ0n) is 15.5. The molecule has 1 fully saturated rings.